The van der Waals surface area contributed by atoms with E-state index in [0.717, 1.165) is 3.57 Å². The average molecular weight is 319 g/mol. The summed E-state index contributed by atoms with van der Waals surface area (Å²) < 4.78 is 1.06. The van der Waals surface area contributed by atoms with Crippen molar-refractivity contribution >= 4 is 34.3 Å². The lowest BCUT2D eigenvalue weighted by Gasteiger charge is -2.03. The summed E-state index contributed by atoms with van der Waals surface area (Å²) in [5, 5.41) is 13.5. The molecule has 80 valence electrons. The lowest BCUT2D eigenvalue weighted by atomic mass is 10.2. The topological polar surface area (TPSA) is 87.7 Å². The number of carbonyl (C=O) groups is 1. The molecule has 1 aromatic rings. The van der Waals surface area contributed by atoms with Crippen molar-refractivity contribution in [2.75, 3.05) is 6.54 Å². The van der Waals surface area contributed by atoms with Crippen LogP contribution in [-0.2, 0) is 0 Å². The number of oxime groups is 1. The van der Waals surface area contributed by atoms with Gasteiger partial charge in [-0.25, -0.2) is 0 Å². The van der Waals surface area contributed by atoms with Gasteiger partial charge in [-0.15, -0.1) is 0 Å². The molecule has 1 amide bonds. The molecular formula is C9H10IN3O2. The van der Waals surface area contributed by atoms with Crippen molar-refractivity contribution in [3.63, 3.8) is 0 Å². The summed E-state index contributed by atoms with van der Waals surface area (Å²) in [4.78, 5) is 11.5. The van der Waals surface area contributed by atoms with E-state index in [1.54, 1.807) is 12.1 Å². The molecule has 0 bridgehead atoms. The third-order valence-electron chi connectivity index (χ3n) is 1.66. The van der Waals surface area contributed by atoms with Gasteiger partial charge in [-0.2, -0.15) is 0 Å². The summed E-state index contributed by atoms with van der Waals surface area (Å²) in [6.07, 6.45) is 0. The van der Waals surface area contributed by atoms with Crippen LogP contribution in [0.25, 0.3) is 0 Å². The molecule has 0 fully saturated rings. The lowest BCUT2D eigenvalue weighted by molar-refractivity contribution is 0.0959. The molecule has 0 saturated heterocycles. The van der Waals surface area contributed by atoms with Gasteiger partial charge in [0.05, 0.1) is 6.54 Å². The van der Waals surface area contributed by atoms with Crippen LogP contribution in [0.1, 0.15) is 10.4 Å². The van der Waals surface area contributed by atoms with Gasteiger partial charge < -0.3 is 16.3 Å². The number of rotatable bonds is 3. The fraction of sp³-hybridized carbons (Fsp3) is 0.111. The van der Waals surface area contributed by atoms with Crippen molar-refractivity contribution < 1.29 is 10.0 Å². The van der Waals surface area contributed by atoms with E-state index < -0.39 is 0 Å². The van der Waals surface area contributed by atoms with Crippen molar-refractivity contribution in [1.29, 1.82) is 0 Å². The Balaban J connectivity index is 2.58. The number of hydrogen-bond acceptors (Lipinski definition) is 3. The molecule has 0 unspecified atom stereocenters. The minimum Gasteiger partial charge on any atom is -0.409 e. The molecule has 0 saturated carbocycles. The molecule has 0 aromatic heterocycles. The molecule has 5 nitrogen and oxygen atoms in total. The first-order chi connectivity index (χ1) is 7.13. The van der Waals surface area contributed by atoms with Crippen LogP contribution >= 0.6 is 22.6 Å². The van der Waals surface area contributed by atoms with Gasteiger partial charge in [-0.3, -0.25) is 4.79 Å². The molecule has 0 atom stereocenters. The molecule has 0 aliphatic heterocycles. The summed E-state index contributed by atoms with van der Waals surface area (Å²) in [7, 11) is 0. The maximum Gasteiger partial charge on any atom is 0.251 e. The smallest absolute Gasteiger partial charge is 0.251 e. The number of nitrogens with zero attached hydrogens (tertiary/aromatic N) is 1. The lowest BCUT2D eigenvalue weighted by Crippen LogP contribution is -2.33. The Morgan fingerprint density at radius 3 is 2.60 bits per heavy atom. The number of nitrogens with one attached hydrogen (secondary N) is 1. The highest BCUT2D eigenvalue weighted by molar-refractivity contribution is 14.1. The van der Waals surface area contributed by atoms with E-state index in [-0.39, 0.29) is 18.3 Å². The molecule has 0 aliphatic rings. The zero-order valence-corrected chi connectivity index (χ0v) is 9.93. The second kappa shape index (κ2) is 5.54. The van der Waals surface area contributed by atoms with Gasteiger partial charge in [0, 0.05) is 9.13 Å². The maximum absolute atomic E-state index is 11.5. The standard InChI is InChI=1S/C9H10IN3O2/c10-7-3-1-6(2-4-7)9(14)12-5-8(11)13-15/h1-4,15H,5H2,(H2,11,13)(H,12,14). The molecule has 0 radical (unpaired) electrons. The number of nitrogens with two attached hydrogens (primary N) is 1. The Morgan fingerprint density at radius 1 is 1.47 bits per heavy atom. The molecule has 1 rings (SSSR count). The van der Waals surface area contributed by atoms with Crippen LogP contribution in [0, 0.1) is 3.57 Å². The third kappa shape index (κ3) is 3.74. The summed E-state index contributed by atoms with van der Waals surface area (Å²) in [6, 6.07) is 7.09. The highest BCUT2D eigenvalue weighted by Gasteiger charge is 2.04. The van der Waals surface area contributed by atoms with Crippen molar-refractivity contribution in [2.24, 2.45) is 10.9 Å². The number of hydrogen-bond donors (Lipinski definition) is 3. The third-order valence-corrected chi connectivity index (χ3v) is 2.38. The van der Waals surface area contributed by atoms with Crippen LogP contribution < -0.4 is 11.1 Å². The van der Waals surface area contributed by atoms with Gasteiger partial charge in [-0.05, 0) is 46.9 Å². The van der Waals surface area contributed by atoms with Gasteiger partial charge in [0.15, 0.2) is 5.84 Å². The van der Waals surface area contributed by atoms with Crippen molar-refractivity contribution in [3.8, 4) is 0 Å². The molecule has 0 spiro atoms. The predicted molar refractivity (Wildman–Crippen MR) is 64.9 cm³/mol. The summed E-state index contributed by atoms with van der Waals surface area (Å²) >= 11 is 2.15. The Bertz CT molecular complexity index is 375. The number of amides is 1. The summed E-state index contributed by atoms with van der Waals surface area (Å²) in [6.45, 7) is 0.0291. The molecular weight excluding hydrogens is 309 g/mol. The Kier molecular flexibility index (Phi) is 4.35. The molecule has 0 heterocycles. The number of halogens is 1. The van der Waals surface area contributed by atoms with Crippen molar-refractivity contribution in [2.45, 2.75) is 0 Å². The van der Waals surface area contributed by atoms with Crippen LogP contribution in [0.4, 0.5) is 0 Å². The van der Waals surface area contributed by atoms with Gasteiger partial charge in [0.25, 0.3) is 5.91 Å². The second-order valence-corrected chi connectivity index (χ2v) is 4.03. The highest BCUT2D eigenvalue weighted by Crippen LogP contribution is 2.06. The van der Waals surface area contributed by atoms with Crippen LogP contribution in [0.3, 0.4) is 0 Å². The molecule has 6 heteroatoms. The van der Waals surface area contributed by atoms with Crippen LogP contribution in [0.5, 0.6) is 0 Å². The quantitative estimate of drug-likeness (QED) is 0.253. The van der Waals surface area contributed by atoms with E-state index in [1.165, 1.54) is 0 Å². The molecule has 15 heavy (non-hydrogen) atoms. The molecule has 0 aliphatic carbocycles. The van der Waals surface area contributed by atoms with E-state index in [9.17, 15) is 4.79 Å². The molecule has 1 aromatic carbocycles. The normalized spacial score (nSPS) is 11.1. The first kappa shape index (κ1) is 11.8. The summed E-state index contributed by atoms with van der Waals surface area (Å²) in [5.41, 5.74) is 5.75. The van der Waals surface area contributed by atoms with E-state index in [4.69, 9.17) is 10.9 Å². The van der Waals surface area contributed by atoms with Gasteiger partial charge in [0.2, 0.25) is 0 Å². The fourth-order valence-electron chi connectivity index (χ4n) is 0.910. The monoisotopic (exact) mass is 319 g/mol. The fourth-order valence-corrected chi connectivity index (χ4v) is 1.27. The maximum atomic E-state index is 11.5. The zero-order valence-electron chi connectivity index (χ0n) is 7.77. The van der Waals surface area contributed by atoms with Gasteiger partial charge in [-0.1, -0.05) is 5.16 Å². The first-order valence-corrected chi connectivity index (χ1v) is 5.21. The number of benzene rings is 1. The van der Waals surface area contributed by atoms with E-state index in [0.29, 0.717) is 5.56 Å². The Labute approximate surface area is 100 Å². The largest absolute Gasteiger partial charge is 0.409 e. The number of amidine groups is 1. The first-order valence-electron chi connectivity index (χ1n) is 4.13. The summed E-state index contributed by atoms with van der Waals surface area (Å²) in [5.74, 6) is -0.285. The van der Waals surface area contributed by atoms with Crippen molar-refractivity contribution in [1.82, 2.24) is 5.32 Å². The minimum atomic E-state index is -0.252. The van der Waals surface area contributed by atoms with Gasteiger partial charge >= 0.3 is 0 Å². The van der Waals surface area contributed by atoms with Crippen molar-refractivity contribution in [3.05, 3.63) is 33.4 Å². The predicted octanol–water partition coefficient (Wildman–Crippen LogP) is 0.767. The molecule has 4 N–H and O–H groups in total. The van der Waals surface area contributed by atoms with Gasteiger partial charge in [0.1, 0.15) is 0 Å². The Hall–Kier alpha value is -1.31. The van der Waals surface area contributed by atoms with Crippen LogP contribution in [0.2, 0.25) is 0 Å². The van der Waals surface area contributed by atoms with E-state index in [1.807, 2.05) is 12.1 Å². The van der Waals surface area contributed by atoms with E-state index in [2.05, 4.69) is 33.1 Å². The number of carbonyl (C=O) groups excluding carboxylic acids is 1. The average Bonchev–Trinajstić information content (AvgIpc) is 2.26. The Morgan fingerprint density at radius 2 is 2.07 bits per heavy atom. The highest BCUT2D eigenvalue weighted by atomic mass is 127. The second-order valence-electron chi connectivity index (χ2n) is 2.78. The zero-order chi connectivity index (χ0) is 11.3. The minimum absolute atomic E-state index is 0.0291. The van der Waals surface area contributed by atoms with Crippen LogP contribution in [0.15, 0.2) is 29.4 Å². The SMILES string of the molecule is N/C(CNC(=O)c1ccc(I)cc1)=N\O. The van der Waals surface area contributed by atoms with E-state index >= 15 is 0 Å². The van der Waals surface area contributed by atoms with Crippen LogP contribution in [-0.4, -0.2) is 23.5 Å².